The van der Waals surface area contributed by atoms with Crippen molar-refractivity contribution in [3.63, 3.8) is 0 Å². The van der Waals surface area contributed by atoms with Crippen molar-refractivity contribution in [2.45, 2.75) is 36.1 Å². The largest absolute Gasteiger partial charge is 0.480 e. The van der Waals surface area contributed by atoms with Crippen molar-refractivity contribution in [2.75, 3.05) is 0 Å². The summed E-state index contributed by atoms with van der Waals surface area (Å²) >= 11 is 2.93. The summed E-state index contributed by atoms with van der Waals surface area (Å²) in [6, 6.07) is 3.35. The second-order valence-corrected chi connectivity index (χ2v) is 7.31. The van der Waals surface area contributed by atoms with E-state index in [1.807, 2.05) is 0 Å². The summed E-state index contributed by atoms with van der Waals surface area (Å²) < 4.78 is 40.2. The lowest BCUT2D eigenvalue weighted by molar-refractivity contribution is -0.143. The van der Waals surface area contributed by atoms with Crippen LogP contribution < -0.4 is 4.72 Å². The third-order valence-corrected chi connectivity index (χ3v) is 5.57. The van der Waals surface area contributed by atoms with E-state index in [9.17, 15) is 22.7 Å². The molecule has 0 spiro atoms. The lowest BCUT2D eigenvalue weighted by atomic mass is 10.0. The van der Waals surface area contributed by atoms with Crippen molar-refractivity contribution in [3.8, 4) is 0 Å². The maximum atomic E-state index is 13.4. The Morgan fingerprint density at radius 1 is 1.35 bits per heavy atom. The van der Waals surface area contributed by atoms with Crippen molar-refractivity contribution >= 4 is 31.9 Å². The van der Waals surface area contributed by atoms with Gasteiger partial charge in [0, 0.05) is 0 Å². The van der Waals surface area contributed by atoms with Crippen LogP contribution in [0.2, 0.25) is 0 Å². The molecule has 0 bridgehead atoms. The first-order chi connectivity index (χ1) is 9.27. The molecule has 1 fully saturated rings. The Balaban J connectivity index is 2.35. The van der Waals surface area contributed by atoms with Crippen LogP contribution in [-0.2, 0) is 14.8 Å². The molecule has 0 atom stereocenters. The first-order valence-corrected chi connectivity index (χ1v) is 8.27. The molecule has 0 aromatic heterocycles. The molecule has 8 heteroatoms. The van der Waals surface area contributed by atoms with Crippen LogP contribution >= 0.6 is 15.9 Å². The minimum Gasteiger partial charge on any atom is -0.480 e. The van der Waals surface area contributed by atoms with Gasteiger partial charge < -0.3 is 5.11 Å². The van der Waals surface area contributed by atoms with Crippen LogP contribution in [0.3, 0.4) is 0 Å². The van der Waals surface area contributed by atoms with E-state index in [1.165, 1.54) is 12.1 Å². The van der Waals surface area contributed by atoms with E-state index in [-0.39, 0.29) is 22.2 Å². The number of nitrogens with one attached hydrogen (secondary N) is 1. The lowest BCUT2D eigenvalue weighted by Crippen LogP contribution is -2.52. The molecule has 20 heavy (non-hydrogen) atoms. The molecule has 0 amide bonds. The Morgan fingerprint density at radius 2 is 1.95 bits per heavy atom. The molecule has 1 aliphatic rings. The van der Waals surface area contributed by atoms with Gasteiger partial charge in [-0.1, -0.05) is 12.8 Å². The molecule has 1 aliphatic carbocycles. The molecule has 2 N–H and O–H groups in total. The number of sulfonamides is 1. The predicted octanol–water partition coefficient (Wildman–Crippen LogP) is 2.26. The number of benzene rings is 1. The summed E-state index contributed by atoms with van der Waals surface area (Å²) in [6.45, 7) is 0. The van der Waals surface area contributed by atoms with Crippen LogP contribution in [0.1, 0.15) is 25.7 Å². The molecule has 0 saturated heterocycles. The first-order valence-electron chi connectivity index (χ1n) is 5.99. The summed E-state index contributed by atoms with van der Waals surface area (Å²) in [4.78, 5) is 11.1. The number of carboxylic acids is 1. The summed E-state index contributed by atoms with van der Waals surface area (Å²) in [5.74, 6) is -1.92. The number of carboxylic acid groups (broad SMARTS) is 1. The maximum absolute atomic E-state index is 13.4. The van der Waals surface area contributed by atoms with Crippen molar-refractivity contribution in [2.24, 2.45) is 0 Å². The lowest BCUT2D eigenvalue weighted by Gasteiger charge is -2.25. The molecule has 1 aromatic carbocycles. The van der Waals surface area contributed by atoms with E-state index in [0.29, 0.717) is 12.8 Å². The molecular weight excluding hydrogens is 353 g/mol. The van der Waals surface area contributed by atoms with Crippen molar-refractivity contribution in [1.29, 1.82) is 0 Å². The van der Waals surface area contributed by atoms with Gasteiger partial charge in [0.1, 0.15) is 11.4 Å². The number of carbonyl (C=O) groups is 1. The van der Waals surface area contributed by atoms with Gasteiger partial charge in [-0.3, -0.25) is 4.79 Å². The van der Waals surface area contributed by atoms with Gasteiger partial charge in [0.15, 0.2) is 0 Å². The zero-order chi connectivity index (χ0) is 15.0. The van der Waals surface area contributed by atoms with Crippen molar-refractivity contribution < 1.29 is 22.7 Å². The molecule has 110 valence electrons. The zero-order valence-corrected chi connectivity index (χ0v) is 12.8. The fraction of sp³-hybridized carbons (Fsp3) is 0.417. The second kappa shape index (κ2) is 5.42. The van der Waals surface area contributed by atoms with Crippen LogP contribution in [0.5, 0.6) is 0 Å². The number of hydrogen-bond acceptors (Lipinski definition) is 3. The third kappa shape index (κ3) is 2.87. The Morgan fingerprint density at radius 3 is 2.45 bits per heavy atom. The van der Waals surface area contributed by atoms with Gasteiger partial charge >= 0.3 is 5.97 Å². The number of halogens is 2. The normalized spacial score (nSPS) is 18.1. The first kappa shape index (κ1) is 15.4. The van der Waals surface area contributed by atoms with E-state index < -0.39 is 27.3 Å². The Hall–Kier alpha value is -0.990. The number of rotatable bonds is 4. The molecular formula is C12H13BrFNO4S. The molecule has 0 radical (unpaired) electrons. The van der Waals surface area contributed by atoms with Gasteiger partial charge in [0.2, 0.25) is 10.0 Å². The SMILES string of the molecule is O=C(O)C1(NS(=O)(=O)c2ccc(Br)c(F)c2)CCCC1. The predicted molar refractivity (Wildman–Crippen MR) is 73.3 cm³/mol. The van der Waals surface area contributed by atoms with Gasteiger partial charge in [-0.2, -0.15) is 4.72 Å². The van der Waals surface area contributed by atoms with Crippen LogP contribution in [0.15, 0.2) is 27.6 Å². The van der Waals surface area contributed by atoms with Crippen LogP contribution in [0.4, 0.5) is 4.39 Å². The van der Waals surface area contributed by atoms with Gasteiger partial charge in [-0.25, -0.2) is 12.8 Å². The second-order valence-electron chi connectivity index (χ2n) is 4.78. The Labute approximate surface area is 124 Å². The standard InChI is InChI=1S/C12H13BrFNO4S/c13-9-4-3-8(7-10(9)14)20(18,19)15-12(11(16)17)5-1-2-6-12/h3-4,7,15H,1-2,5-6H2,(H,16,17). The van der Waals surface area contributed by atoms with E-state index in [1.54, 1.807) is 0 Å². The van der Waals surface area contributed by atoms with Crippen LogP contribution in [-0.4, -0.2) is 25.0 Å². The van der Waals surface area contributed by atoms with Crippen LogP contribution in [0.25, 0.3) is 0 Å². The quantitative estimate of drug-likeness (QED) is 0.856. The summed E-state index contributed by atoms with van der Waals surface area (Å²) in [6.07, 6.45) is 1.76. The zero-order valence-electron chi connectivity index (χ0n) is 10.4. The van der Waals surface area contributed by atoms with E-state index in [0.717, 1.165) is 6.07 Å². The minimum absolute atomic E-state index is 0.144. The summed E-state index contributed by atoms with van der Waals surface area (Å²) in [7, 11) is -4.08. The highest BCUT2D eigenvalue weighted by Gasteiger charge is 2.44. The third-order valence-electron chi connectivity index (χ3n) is 3.40. The molecule has 0 heterocycles. The molecule has 1 aromatic rings. The smallest absolute Gasteiger partial charge is 0.324 e. The van der Waals surface area contributed by atoms with Crippen molar-refractivity contribution in [3.05, 3.63) is 28.5 Å². The van der Waals surface area contributed by atoms with E-state index >= 15 is 0 Å². The fourth-order valence-electron chi connectivity index (χ4n) is 2.30. The van der Waals surface area contributed by atoms with Crippen molar-refractivity contribution in [1.82, 2.24) is 4.72 Å². The molecule has 1 saturated carbocycles. The number of hydrogen-bond donors (Lipinski definition) is 2. The molecule has 2 rings (SSSR count). The van der Waals surface area contributed by atoms with Gasteiger partial charge in [0.05, 0.1) is 9.37 Å². The van der Waals surface area contributed by atoms with Gasteiger partial charge in [-0.15, -0.1) is 0 Å². The highest BCUT2D eigenvalue weighted by molar-refractivity contribution is 9.10. The average Bonchev–Trinajstić information content (AvgIpc) is 2.81. The fourth-order valence-corrected chi connectivity index (χ4v) is 3.97. The van der Waals surface area contributed by atoms with Gasteiger partial charge in [-0.05, 0) is 47.0 Å². The highest BCUT2D eigenvalue weighted by atomic mass is 79.9. The van der Waals surface area contributed by atoms with Crippen LogP contribution in [0, 0.1) is 5.82 Å². The topological polar surface area (TPSA) is 83.5 Å². The molecule has 0 unspecified atom stereocenters. The molecule has 0 aliphatic heterocycles. The number of aliphatic carboxylic acids is 1. The Bertz CT molecular complexity index is 641. The Kier molecular flexibility index (Phi) is 4.17. The summed E-state index contributed by atoms with van der Waals surface area (Å²) in [5, 5.41) is 9.26. The summed E-state index contributed by atoms with van der Waals surface area (Å²) in [5.41, 5.74) is -1.48. The molecule has 5 nitrogen and oxygen atoms in total. The maximum Gasteiger partial charge on any atom is 0.324 e. The monoisotopic (exact) mass is 365 g/mol. The van der Waals surface area contributed by atoms with E-state index in [2.05, 4.69) is 20.7 Å². The van der Waals surface area contributed by atoms with Gasteiger partial charge in [0.25, 0.3) is 0 Å². The van der Waals surface area contributed by atoms with E-state index in [4.69, 9.17) is 0 Å². The highest BCUT2D eigenvalue weighted by Crippen LogP contribution is 2.32. The average molecular weight is 366 g/mol. The minimum atomic E-state index is -4.08.